The molecular weight excluding hydrogens is 387 g/mol. The molecule has 0 saturated carbocycles. The van der Waals surface area contributed by atoms with Crippen LogP contribution in [0.25, 0.3) is 0 Å². The fourth-order valence-corrected chi connectivity index (χ4v) is 4.45. The molecule has 0 unspecified atom stereocenters. The number of morpholine rings is 1. The third-order valence-electron chi connectivity index (χ3n) is 4.50. The number of hydrogen-bond acceptors (Lipinski definition) is 5. The van der Waals surface area contributed by atoms with Gasteiger partial charge < -0.3 is 14.7 Å². The van der Waals surface area contributed by atoms with Gasteiger partial charge in [0.05, 0.1) is 29.4 Å². The molecule has 3 rings (SSSR count). The zero-order valence-electron chi connectivity index (χ0n) is 15.3. The summed E-state index contributed by atoms with van der Waals surface area (Å²) in [5.41, 5.74) is 0.966. The quantitative estimate of drug-likeness (QED) is 0.763. The Bertz CT molecular complexity index is 988. The Morgan fingerprint density at radius 2 is 1.93 bits per heavy atom. The first-order valence-corrected chi connectivity index (χ1v) is 10.3. The van der Waals surface area contributed by atoms with Crippen molar-refractivity contribution in [2.75, 3.05) is 35.9 Å². The van der Waals surface area contributed by atoms with E-state index in [1.54, 1.807) is 13.0 Å². The van der Waals surface area contributed by atoms with Crippen molar-refractivity contribution in [2.24, 2.45) is 0 Å². The van der Waals surface area contributed by atoms with E-state index in [-0.39, 0.29) is 16.1 Å². The van der Waals surface area contributed by atoms with E-state index in [1.807, 2.05) is 4.90 Å². The number of rotatable bonds is 6. The molecule has 0 aliphatic carbocycles. The number of carboxylic acids is 1. The van der Waals surface area contributed by atoms with E-state index in [0.29, 0.717) is 44.0 Å². The standard InChI is InChI=1S/C19H21FN2O5S/c1-2-13-3-4-14(19(23)24)9-18(13)28(25,26)21-16-10-15(20)11-17(12-16)22-5-7-27-8-6-22/h3-4,9-12,21H,2,5-8H2,1H3,(H,23,24). The van der Waals surface area contributed by atoms with Crippen molar-refractivity contribution < 1.29 is 27.4 Å². The molecule has 2 N–H and O–H groups in total. The third kappa shape index (κ3) is 4.42. The predicted octanol–water partition coefficient (Wildman–Crippen LogP) is 2.72. The van der Waals surface area contributed by atoms with Crippen molar-refractivity contribution in [2.45, 2.75) is 18.2 Å². The molecule has 1 aliphatic rings. The minimum Gasteiger partial charge on any atom is -0.478 e. The van der Waals surface area contributed by atoms with Crippen LogP contribution in [-0.4, -0.2) is 45.8 Å². The average Bonchev–Trinajstić information content (AvgIpc) is 2.67. The first-order valence-electron chi connectivity index (χ1n) is 8.82. The normalized spacial score (nSPS) is 14.7. The van der Waals surface area contributed by atoms with Gasteiger partial charge in [-0.05, 0) is 42.3 Å². The van der Waals surface area contributed by atoms with Crippen LogP contribution in [0.3, 0.4) is 0 Å². The molecule has 9 heteroatoms. The number of hydrogen-bond donors (Lipinski definition) is 2. The van der Waals surface area contributed by atoms with Crippen LogP contribution in [0.2, 0.25) is 0 Å². The molecule has 0 spiro atoms. The van der Waals surface area contributed by atoms with Gasteiger partial charge in [0.2, 0.25) is 0 Å². The van der Waals surface area contributed by atoms with E-state index >= 15 is 0 Å². The van der Waals surface area contributed by atoms with Crippen LogP contribution < -0.4 is 9.62 Å². The number of halogens is 1. The molecule has 0 amide bonds. The lowest BCUT2D eigenvalue weighted by Gasteiger charge is -2.29. The van der Waals surface area contributed by atoms with E-state index < -0.39 is 21.8 Å². The van der Waals surface area contributed by atoms with Gasteiger partial charge in [-0.2, -0.15) is 0 Å². The largest absolute Gasteiger partial charge is 0.478 e. The summed E-state index contributed by atoms with van der Waals surface area (Å²) in [6.07, 6.45) is 0.401. The lowest BCUT2D eigenvalue weighted by molar-refractivity contribution is 0.0696. The van der Waals surface area contributed by atoms with Gasteiger partial charge in [0, 0.05) is 18.8 Å². The van der Waals surface area contributed by atoms with Gasteiger partial charge in [0.25, 0.3) is 10.0 Å². The van der Waals surface area contributed by atoms with E-state index in [2.05, 4.69) is 4.72 Å². The molecule has 0 aromatic heterocycles. The molecule has 1 saturated heterocycles. The number of carboxylic acid groups (broad SMARTS) is 1. The van der Waals surface area contributed by atoms with Gasteiger partial charge in [0.15, 0.2) is 0 Å². The summed E-state index contributed by atoms with van der Waals surface area (Å²) in [4.78, 5) is 13.0. The van der Waals surface area contributed by atoms with Crippen LogP contribution in [0, 0.1) is 5.82 Å². The fourth-order valence-electron chi connectivity index (χ4n) is 3.08. The summed E-state index contributed by atoms with van der Waals surface area (Å²) in [5, 5.41) is 9.16. The summed E-state index contributed by atoms with van der Waals surface area (Å²) < 4.78 is 47.6. The minimum absolute atomic E-state index is 0.0734. The van der Waals surface area contributed by atoms with Crippen LogP contribution in [0.4, 0.5) is 15.8 Å². The molecule has 2 aromatic rings. The number of anilines is 2. The maximum absolute atomic E-state index is 14.1. The summed E-state index contributed by atoms with van der Waals surface area (Å²) in [6, 6.07) is 7.94. The zero-order valence-corrected chi connectivity index (χ0v) is 16.1. The number of benzene rings is 2. The van der Waals surface area contributed by atoms with E-state index in [9.17, 15) is 17.6 Å². The summed E-state index contributed by atoms with van der Waals surface area (Å²) in [5.74, 6) is -1.80. The molecule has 0 atom stereocenters. The minimum atomic E-state index is -4.10. The maximum Gasteiger partial charge on any atom is 0.335 e. The molecule has 0 bridgehead atoms. The van der Waals surface area contributed by atoms with Crippen molar-refractivity contribution in [3.05, 3.63) is 53.3 Å². The number of nitrogens with zero attached hydrogens (tertiary/aromatic N) is 1. The highest BCUT2D eigenvalue weighted by Crippen LogP contribution is 2.26. The Morgan fingerprint density at radius 1 is 1.21 bits per heavy atom. The molecule has 28 heavy (non-hydrogen) atoms. The number of aryl methyl sites for hydroxylation is 1. The SMILES string of the molecule is CCc1ccc(C(=O)O)cc1S(=O)(=O)Nc1cc(F)cc(N2CCOCC2)c1. The highest BCUT2D eigenvalue weighted by Gasteiger charge is 2.21. The molecule has 0 radical (unpaired) electrons. The molecule has 150 valence electrons. The van der Waals surface area contributed by atoms with Crippen LogP contribution in [-0.2, 0) is 21.2 Å². The summed E-state index contributed by atoms with van der Waals surface area (Å²) in [7, 11) is -4.10. The molecular formula is C19H21FN2O5S. The third-order valence-corrected chi connectivity index (χ3v) is 5.96. The number of carbonyl (C=O) groups is 1. The van der Waals surface area contributed by atoms with Crippen molar-refractivity contribution in [3.8, 4) is 0 Å². The Hall–Kier alpha value is -2.65. The Labute approximate surface area is 162 Å². The van der Waals surface area contributed by atoms with Gasteiger partial charge in [0.1, 0.15) is 5.82 Å². The van der Waals surface area contributed by atoms with Crippen molar-refractivity contribution in [1.29, 1.82) is 0 Å². The highest BCUT2D eigenvalue weighted by molar-refractivity contribution is 7.92. The van der Waals surface area contributed by atoms with Gasteiger partial charge in [-0.25, -0.2) is 17.6 Å². The van der Waals surface area contributed by atoms with Gasteiger partial charge in [-0.15, -0.1) is 0 Å². The Kier molecular flexibility index (Phi) is 5.85. The smallest absolute Gasteiger partial charge is 0.335 e. The molecule has 2 aromatic carbocycles. The van der Waals surface area contributed by atoms with Crippen molar-refractivity contribution in [1.82, 2.24) is 0 Å². The number of aromatic carboxylic acids is 1. The second kappa shape index (κ2) is 8.15. The maximum atomic E-state index is 14.1. The van der Waals surface area contributed by atoms with Crippen LogP contribution in [0.15, 0.2) is 41.3 Å². The molecule has 7 nitrogen and oxygen atoms in total. The second-order valence-electron chi connectivity index (χ2n) is 6.38. The second-order valence-corrected chi connectivity index (χ2v) is 8.04. The topological polar surface area (TPSA) is 95.9 Å². The first kappa shape index (κ1) is 20.1. The van der Waals surface area contributed by atoms with Crippen LogP contribution in [0.1, 0.15) is 22.8 Å². The average molecular weight is 408 g/mol. The summed E-state index contributed by atoms with van der Waals surface area (Å²) >= 11 is 0. The lowest BCUT2D eigenvalue weighted by atomic mass is 10.1. The first-order chi connectivity index (χ1) is 13.3. The predicted molar refractivity (Wildman–Crippen MR) is 103 cm³/mol. The van der Waals surface area contributed by atoms with Crippen molar-refractivity contribution in [3.63, 3.8) is 0 Å². The van der Waals surface area contributed by atoms with Crippen molar-refractivity contribution >= 4 is 27.4 Å². The van der Waals surface area contributed by atoms with E-state index in [1.165, 1.54) is 18.2 Å². The zero-order chi connectivity index (χ0) is 20.3. The highest BCUT2D eigenvalue weighted by atomic mass is 32.2. The number of ether oxygens (including phenoxy) is 1. The monoisotopic (exact) mass is 408 g/mol. The van der Waals surface area contributed by atoms with Crippen LogP contribution >= 0.6 is 0 Å². The Morgan fingerprint density at radius 3 is 2.57 bits per heavy atom. The van der Waals surface area contributed by atoms with Gasteiger partial charge in [-0.1, -0.05) is 13.0 Å². The lowest BCUT2D eigenvalue weighted by Crippen LogP contribution is -2.36. The molecule has 1 aliphatic heterocycles. The number of sulfonamides is 1. The summed E-state index contributed by atoms with van der Waals surface area (Å²) in [6.45, 7) is 3.96. The number of nitrogens with one attached hydrogen (secondary N) is 1. The molecule has 1 fully saturated rings. The Balaban J connectivity index is 1.95. The molecule has 1 heterocycles. The van der Waals surface area contributed by atoms with E-state index in [0.717, 1.165) is 12.1 Å². The van der Waals surface area contributed by atoms with E-state index in [4.69, 9.17) is 9.84 Å². The fraction of sp³-hybridized carbons (Fsp3) is 0.316. The van der Waals surface area contributed by atoms with Crippen LogP contribution in [0.5, 0.6) is 0 Å². The van der Waals surface area contributed by atoms with Gasteiger partial charge >= 0.3 is 5.97 Å². The van der Waals surface area contributed by atoms with Gasteiger partial charge in [-0.3, -0.25) is 4.72 Å².